The molecular weight excluding hydrogens is 360 g/mol. The van der Waals surface area contributed by atoms with Gasteiger partial charge in [-0.15, -0.1) is 0 Å². The third-order valence-electron chi connectivity index (χ3n) is 3.82. The summed E-state index contributed by atoms with van der Waals surface area (Å²) in [4.78, 5) is 12.5. The predicted molar refractivity (Wildman–Crippen MR) is 99.2 cm³/mol. The number of hydrogen-bond donors (Lipinski definition) is 1. The molecule has 2 aromatic rings. The molecular formula is C18H21ClN2O3S. The molecule has 134 valence electrons. The van der Waals surface area contributed by atoms with E-state index >= 15 is 0 Å². The van der Waals surface area contributed by atoms with Crippen LogP contribution in [0.1, 0.15) is 29.8 Å². The van der Waals surface area contributed by atoms with E-state index in [1.807, 2.05) is 30.3 Å². The maximum atomic E-state index is 12.6. The maximum Gasteiger partial charge on any atom is 0.253 e. The Morgan fingerprint density at radius 1 is 1.08 bits per heavy atom. The van der Waals surface area contributed by atoms with Crippen molar-refractivity contribution < 1.29 is 13.2 Å². The van der Waals surface area contributed by atoms with Crippen molar-refractivity contribution in [3.63, 3.8) is 0 Å². The number of nitrogens with one attached hydrogen (secondary N) is 1. The Bertz CT molecular complexity index is 835. The summed E-state index contributed by atoms with van der Waals surface area (Å²) in [6.07, 6.45) is 0. The molecule has 0 heterocycles. The quantitative estimate of drug-likeness (QED) is 0.801. The predicted octanol–water partition coefficient (Wildman–Crippen LogP) is 3.30. The molecule has 2 aromatic carbocycles. The Balaban J connectivity index is 2.25. The summed E-state index contributed by atoms with van der Waals surface area (Å²) >= 11 is 6.10. The van der Waals surface area contributed by atoms with E-state index in [0.29, 0.717) is 19.6 Å². The molecule has 2 rings (SSSR count). The fourth-order valence-corrected chi connectivity index (χ4v) is 4.11. The minimum Gasteiger partial charge on any atom is -0.348 e. The molecule has 0 aliphatic heterocycles. The van der Waals surface area contributed by atoms with Crippen LogP contribution < -0.4 is 5.32 Å². The van der Waals surface area contributed by atoms with E-state index in [4.69, 9.17) is 11.6 Å². The van der Waals surface area contributed by atoms with Gasteiger partial charge in [0.05, 0.1) is 15.5 Å². The second-order valence-corrected chi connectivity index (χ2v) is 7.74. The van der Waals surface area contributed by atoms with Crippen molar-refractivity contribution in [3.8, 4) is 0 Å². The first kappa shape index (κ1) is 19.4. The molecule has 0 radical (unpaired) electrons. The van der Waals surface area contributed by atoms with E-state index in [1.54, 1.807) is 13.8 Å². The number of carbonyl (C=O) groups is 1. The smallest absolute Gasteiger partial charge is 0.253 e. The molecule has 0 bridgehead atoms. The van der Waals surface area contributed by atoms with E-state index < -0.39 is 15.9 Å². The summed E-state index contributed by atoms with van der Waals surface area (Å²) in [5.41, 5.74) is 1.09. The number of carbonyl (C=O) groups excluding carboxylic acids is 1. The van der Waals surface area contributed by atoms with Crippen LogP contribution in [-0.4, -0.2) is 31.7 Å². The zero-order chi connectivity index (χ0) is 18.4. The Morgan fingerprint density at radius 3 is 2.32 bits per heavy atom. The molecule has 25 heavy (non-hydrogen) atoms. The molecule has 0 unspecified atom stereocenters. The topological polar surface area (TPSA) is 66.5 Å². The van der Waals surface area contributed by atoms with Crippen molar-refractivity contribution >= 4 is 27.5 Å². The molecule has 5 nitrogen and oxygen atoms in total. The minimum absolute atomic E-state index is 0.0606. The van der Waals surface area contributed by atoms with Gasteiger partial charge in [0.1, 0.15) is 0 Å². The van der Waals surface area contributed by atoms with Gasteiger partial charge in [0.2, 0.25) is 10.0 Å². The van der Waals surface area contributed by atoms with Gasteiger partial charge in [0.15, 0.2) is 0 Å². The molecule has 0 saturated carbocycles. The standard InChI is InChI=1S/C18H21ClN2O3S/c1-3-21(4-2)25(23,24)15-10-11-17(19)16(12-15)18(22)20-13-14-8-6-5-7-9-14/h5-12H,3-4,13H2,1-2H3,(H,20,22). The van der Waals surface area contributed by atoms with E-state index in [2.05, 4.69) is 5.32 Å². The highest BCUT2D eigenvalue weighted by molar-refractivity contribution is 7.89. The van der Waals surface area contributed by atoms with E-state index in [-0.39, 0.29) is 15.5 Å². The number of amides is 1. The lowest BCUT2D eigenvalue weighted by Gasteiger charge is -2.19. The zero-order valence-electron chi connectivity index (χ0n) is 14.2. The summed E-state index contributed by atoms with van der Waals surface area (Å²) in [5, 5.41) is 2.97. The van der Waals surface area contributed by atoms with Crippen molar-refractivity contribution in [3.05, 3.63) is 64.7 Å². The SMILES string of the molecule is CCN(CC)S(=O)(=O)c1ccc(Cl)c(C(=O)NCc2ccccc2)c1. The first-order chi connectivity index (χ1) is 11.9. The molecule has 1 amide bonds. The molecule has 1 N–H and O–H groups in total. The molecule has 0 atom stereocenters. The van der Waals surface area contributed by atoms with Crippen LogP contribution in [0.3, 0.4) is 0 Å². The average molecular weight is 381 g/mol. The molecule has 7 heteroatoms. The minimum atomic E-state index is -3.65. The van der Waals surface area contributed by atoms with Crippen LogP contribution >= 0.6 is 11.6 Å². The highest BCUT2D eigenvalue weighted by Crippen LogP contribution is 2.23. The number of nitrogens with zero attached hydrogens (tertiary/aromatic N) is 1. The fourth-order valence-electron chi connectivity index (χ4n) is 2.42. The van der Waals surface area contributed by atoms with Crippen molar-refractivity contribution in [1.29, 1.82) is 0 Å². The third-order valence-corrected chi connectivity index (χ3v) is 6.20. The van der Waals surface area contributed by atoms with Gasteiger partial charge in [0.25, 0.3) is 5.91 Å². The van der Waals surface area contributed by atoms with Crippen LogP contribution in [-0.2, 0) is 16.6 Å². The molecule has 0 aromatic heterocycles. The summed E-state index contributed by atoms with van der Waals surface area (Å²) in [6.45, 7) is 4.59. The number of benzene rings is 2. The summed E-state index contributed by atoms with van der Waals surface area (Å²) in [6, 6.07) is 13.6. The van der Waals surface area contributed by atoms with Crippen molar-refractivity contribution in [2.45, 2.75) is 25.3 Å². The number of hydrogen-bond acceptors (Lipinski definition) is 3. The lowest BCUT2D eigenvalue weighted by atomic mass is 10.2. The van der Waals surface area contributed by atoms with Gasteiger partial charge in [-0.3, -0.25) is 4.79 Å². The van der Waals surface area contributed by atoms with Crippen molar-refractivity contribution in [2.24, 2.45) is 0 Å². The Morgan fingerprint density at radius 2 is 1.72 bits per heavy atom. The van der Waals surface area contributed by atoms with Gasteiger partial charge in [-0.2, -0.15) is 4.31 Å². The van der Waals surface area contributed by atoms with E-state index in [9.17, 15) is 13.2 Å². The van der Waals surface area contributed by atoms with Crippen LogP contribution in [0.5, 0.6) is 0 Å². The first-order valence-electron chi connectivity index (χ1n) is 8.02. The first-order valence-corrected chi connectivity index (χ1v) is 9.83. The number of sulfonamides is 1. The van der Waals surface area contributed by atoms with Gasteiger partial charge < -0.3 is 5.32 Å². The third kappa shape index (κ3) is 4.60. The van der Waals surface area contributed by atoms with Crippen LogP contribution in [0.4, 0.5) is 0 Å². The lowest BCUT2D eigenvalue weighted by molar-refractivity contribution is 0.0951. The lowest BCUT2D eigenvalue weighted by Crippen LogP contribution is -2.31. The van der Waals surface area contributed by atoms with Crippen LogP contribution in [0.15, 0.2) is 53.4 Å². The molecule has 0 fully saturated rings. The molecule has 0 aliphatic carbocycles. The summed E-state index contributed by atoms with van der Waals surface area (Å²) < 4.78 is 26.6. The average Bonchev–Trinajstić information content (AvgIpc) is 2.61. The van der Waals surface area contributed by atoms with Crippen molar-refractivity contribution in [2.75, 3.05) is 13.1 Å². The Hall–Kier alpha value is -1.89. The largest absolute Gasteiger partial charge is 0.348 e. The maximum absolute atomic E-state index is 12.6. The van der Waals surface area contributed by atoms with Gasteiger partial charge >= 0.3 is 0 Å². The van der Waals surface area contributed by atoms with Gasteiger partial charge in [0, 0.05) is 19.6 Å². The fraction of sp³-hybridized carbons (Fsp3) is 0.278. The van der Waals surface area contributed by atoms with Crippen LogP contribution in [0, 0.1) is 0 Å². The molecule has 0 spiro atoms. The van der Waals surface area contributed by atoms with Crippen LogP contribution in [0.2, 0.25) is 5.02 Å². The Labute approximate surface area is 153 Å². The Kier molecular flexibility index (Phi) is 6.58. The zero-order valence-corrected chi connectivity index (χ0v) is 15.8. The van der Waals surface area contributed by atoms with E-state index in [0.717, 1.165) is 5.56 Å². The van der Waals surface area contributed by atoms with Crippen molar-refractivity contribution in [1.82, 2.24) is 9.62 Å². The summed E-state index contributed by atoms with van der Waals surface area (Å²) in [5.74, 6) is -0.412. The van der Waals surface area contributed by atoms with Gasteiger partial charge in [-0.05, 0) is 23.8 Å². The second kappa shape index (κ2) is 8.47. The normalized spacial score (nSPS) is 11.5. The van der Waals surface area contributed by atoms with Gasteiger partial charge in [-0.1, -0.05) is 55.8 Å². The molecule has 0 aliphatic rings. The van der Waals surface area contributed by atoms with E-state index in [1.165, 1.54) is 22.5 Å². The van der Waals surface area contributed by atoms with Crippen LogP contribution in [0.25, 0.3) is 0 Å². The number of rotatable bonds is 7. The monoisotopic (exact) mass is 380 g/mol. The number of halogens is 1. The highest BCUT2D eigenvalue weighted by Gasteiger charge is 2.23. The highest BCUT2D eigenvalue weighted by atomic mass is 35.5. The van der Waals surface area contributed by atoms with Gasteiger partial charge in [-0.25, -0.2) is 8.42 Å². The molecule has 0 saturated heterocycles. The second-order valence-electron chi connectivity index (χ2n) is 5.40. The summed E-state index contributed by atoms with van der Waals surface area (Å²) in [7, 11) is -3.65.